The van der Waals surface area contributed by atoms with Gasteiger partial charge in [-0.15, -0.1) is 0 Å². The number of ether oxygens (including phenoxy) is 2. The van der Waals surface area contributed by atoms with Gasteiger partial charge in [-0.2, -0.15) is 0 Å². The lowest BCUT2D eigenvalue weighted by Crippen LogP contribution is -2.06. The monoisotopic (exact) mass is 290 g/mol. The molecule has 21 heavy (non-hydrogen) atoms. The van der Waals surface area contributed by atoms with Crippen LogP contribution >= 0.6 is 0 Å². The summed E-state index contributed by atoms with van der Waals surface area (Å²) in [4.78, 5) is 0. The van der Waals surface area contributed by atoms with Gasteiger partial charge in [-0.1, -0.05) is 18.2 Å². The molecule has 0 radical (unpaired) electrons. The van der Waals surface area contributed by atoms with Crippen LogP contribution in [0.15, 0.2) is 36.4 Å². The van der Waals surface area contributed by atoms with Gasteiger partial charge in [-0.05, 0) is 41.8 Å². The second kappa shape index (κ2) is 6.59. The Morgan fingerprint density at radius 3 is 2.33 bits per heavy atom. The van der Waals surface area contributed by atoms with Gasteiger partial charge in [0.05, 0.1) is 20.3 Å². The number of halogens is 1. The number of benzene rings is 2. The molecule has 1 atom stereocenters. The van der Waals surface area contributed by atoms with Crippen molar-refractivity contribution in [3.05, 3.63) is 58.9 Å². The van der Waals surface area contributed by atoms with E-state index >= 15 is 0 Å². The van der Waals surface area contributed by atoms with Crippen molar-refractivity contribution in [1.82, 2.24) is 0 Å². The quantitative estimate of drug-likeness (QED) is 0.917. The molecule has 1 N–H and O–H groups in total. The first-order valence-electron chi connectivity index (χ1n) is 6.70. The molecule has 3 nitrogen and oxygen atoms in total. The fraction of sp³-hybridized carbons (Fsp3) is 0.294. The molecule has 1 unspecified atom stereocenters. The second-order valence-electron chi connectivity index (χ2n) is 4.88. The molecule has 0 bridgehead atoms. The Hall–Kier alpha value is -2.07. The minimum atomic E-state index is -0.804. The van der Waals surface area contributed by atoms with Gasteiger partial charge in [-0.3, -0.25) is 0 Å². The summed E-state index contributed by atoms with van der Waals surface area (Å²) in [6.45, 7) is 1.88. The van der Waals surface area contributed by atoms with E-state index in [1.54, 1.807) is 44.6 Å². The number of hydrogen-bond donors (Lipinski definition) is 1. The highest BCUT2D eigenvalue weighted by molar-refractivity contribution is 5.48. The van der Waals surface area contributed by atoms with Crippen molar-refractivity contribution in [2.45, 2.75) is 19.4 Å². The van der Waals surface area contributed by atoms with E-state index in [2.05, 4.69) is 0 Å². The first-order valence-corrected chi connectivity index (χ1v) is 6.70. The van der Waals surface area contributed by atoms with E-state index in [9.17, 15) is 9.50 Å². The minimum Gasteiger partial charge on any atom is -0.493 e. The molecule has 0 fully saturated rings. The summed E-state index contributed by atoms with van der Waals surface area (Å²) in [6, 6.07) is 10.00. The third kappa shape index (κ3) is 3.34. The van der Waals surface area contributed by atoms with Crippen LogP contribution in [-0.2, 0) is 6.42 Å². The number of aryl methyl sites for hydroxylation is 1. The van der Waals surface area contributed by atoms with Crippen LogP contribution in [0, 0.1) is 12.7 Å². The normalized spacial score (nSPS) is 12.0. The predicted octanol–water partition coefficient (Wildman–Crippen LogP) is 3.43. The Morgan fingerprint density at radius 2 is 1.71 bits per heavy atom. The summed E-state index contributed by atoms with van der Waals surface area (Å²) in [5.41, 5.74) is 2.06. The van der Waals surface area contributed by atoms with E-state index in [0.29, 0.717) is 22.6 Å². The van der Waals surface area contributed by atoms with Crippen molar-refractivity contribution in [1.29, 1.82) is 0 Å². The predicted molar refractivity (Wildman–Crippen MR) is 79.3 cm³/mol. The lowest BCUT2D eigenvalue weighted by molar-refractivity contribution is 0.176. The SMILES string of the molecule is COc1cc(C)c(C(O)Cc2ccccc2F)cc1OC. The molecule has 0 amide bonds. The average Bonchev–Trinajstić information content (AvgIpc) is 2.49. The first kappa shape index (κ1) is 15.3. The highest BCUT2D eigenvalue weighted by Gasteiger charge is 2.17. The zero-order valence-corrected chi connectivity index (χ0v) is 12.4. The Balaban J connectivity index is 2.31. The fourth-order valence-electron chi connectivity index (χ4n) is 2.34. The van der Waals surface area contributed by atoms with Crippen LogP contribution in [0.1, 0.15) is 22.8 Å². The number of rotatable bonds is 5. The van der Waals surface area contributed by atoms with E-state index < -0.39 is 6.10 Å². The van der Waals surface area contributed by atoms with Crippen LogP contribution in [0.3, 0.4) is 0 Å². The maximum absolute atomic E-state index is 13.7. The molecule has 0 aliphatic rings. The Bertz CT molecular complexity index is 625. The molecule has 0 saturated heterocycles. The second-order valence-corrected chi connectivity index (χ2v) is 4.88. The largest absolute Gasteiger partial charge is 0.493 e. The molecule has 4 heteroatoms. The van der Waals surface area contributed by atoms with Crippen molar-refractivity contribution in [3.8, 4) is 11.5 Å². The van der Waals surface area contributed by atoms with Crippen LogP contribution in [0.5, 0.6) is 11.5 Å². The van der Waals surface area contributed by atoms with Gasteiger partial charge in [0.1, 0.15) is 5.82 Å². The lowest BCUT2D eigenvalue weighted by atomic mass is 9.97. The number of aliphatic hydroxyl groups excluding tert-OH is 1. The highest BCUT2D eigenvalue weighted by Crippen LogP contribution is 2.34. The topological polar surface area (TPSA) is 38.7 Å². The molecule has 2 rings (SSSR count). The van der Waals surface area contributed by atoms with Gasteiger partial charge >= 0.3 is 0 Å². The van der Waals surface area contributed by atoms with Crippen LogP contribution in [-0.4, -0.2) is 19.3 Å². The number of hydrogen-bond acceptors (Lipinski definition) is 3. The first-order chi connectivity index (χ1) is 10.1. The maximum atomic E-state index is 13.7. The number of aliphatic hydroxyl groups is 1. The van der Waals surface area contributed by atoms with Gasteiger partial charge in [0.25, 0.3) is 0 Å². The molecular formula is C17H19FO3. The van der Waals surface area contributed by atoms with Gasteiger partial charge in [0, 0.05) is 6.42 Å². The summed E-state index contributed by atoms with van der Waals surface area (Å²) in [7, 11) is 3.10. The molecule has 0 heterocycles. The third-order valence-corrected chi connectivity index (χ3v) is 3.50. The number of methoxy groups -OCH3 is 2. The van der Waals surface area contributed by atoms with E-state index in [1.807, 2.05) is 6.92 Å². The van der Waals surface area contributed by atoms with Crippen LogP contribution < -0.4 is 9.47 Å². The van der Waals surface area contributed by atoms with Gasteiger partial charge < -0.3 is 14.6 Å². The van der Waals surface area contributed by atoms with E-state index in [0.717, 1.165) is 5.56 Å². The Morgan fingerprint density at radius 1 is 1.10 bits per heavy atom. The molecular weight excluding hydrogens is 271 g/mol. The van der Waals surface area contributed by atoms with Crippen LogP contribution in [0.4, 0.5) is 4.39 Å². The standard InChI is InChI=1S/C17H19FO3/c1-11-8-16(20-2)17(21-3)10-13(11)15(19)9-12-6-4-5-7-14(12)18/h4-8,10,15,19H,9H2,1-3H3. The van der Waals surface area contributed by atoms with Crippen molar-refractivity contribution < 1.29 is 19.0 Å². The Labute approximate surface area is 124 Å². The summed E-state index contributed by atoms with van der Waals surface area (Å²) >= 11 is 0. The van der Waals surface area contributed by atoms with E-state index in [-0.39, 0.29) is 12.2 Å². The van der Waals surface area contributed by atoms with Gasteiger partial charge in [0.2, 0.25) is 0 Å². The summed E-state index contributed by atoms with van der Waals surface area (Å²) in [5.74, 6) is 0.845. The minimum absolute atomic E-state index is 0.211. The molecule has 0 saturated carbocycles. The summed E-state index contributed by atoms with van der Waals surface area (Å²) < 4.78 is 24.1. The zero-order chi connectivity index (χ0) is 15.4. The fourth-order valence-corrected chi connectivity index (χ4v) is 2.34. The molecule has 0 aromatic heterocycles. The maximum Gasteiger partial charge on any atom is 0.161 e. The highest BCUT2D eigenvalue weighted by atomic mass is 19.1. The summed E-state index contributed by atoms with van der Waals surface area (Å²) in [5, 5.41) is 10.4. The molecule has 0 aliphatic carbocycles. The lowest BCUT2D eigenvalue weighted by Gasteiger charge is -2.17. The van der Waals surface area contributed by atoms with Crippen molar-refractivity contribution in [3.63, 3.8) is 0 Å². The van der Waals surface area contributed by atoms with Crippen molar-refractivity contribution in [2.75, 3.05) is 14.2 Å². The third-order valence-electron chi connectivity index (χ3n) is 3.50. The zero-order valence-electron chi connectivity index (χ0n) is 12.4. The van der Waals surface area contributed by atoms with Crippen molar-refractivity contribution >= 4 is 0 Å². The smallest absolute Gasteiger partial charge is 0.161 e. The van der Waals surface area contributed by atoms with E-state index in [4.69, 9.17) is 9.47 Å². The van der Waals surface area contributed by atoms with E-state index in [1.165, 1.54) is 6.07 Å². The van der Waals surface area contributed by atoms with Crippen molar-refractivity contribution in [2.24, 2.45) is 0 Å². The van der Waals surface area contributed by atoms with Crippen LogP contribution in [0.2, 0.25) is 0 Å². The Kier molecular flexibility index (Phi) is 4.81. The van der Waals surface area contributed by atoms with Crippen LogP contribution in [0.25, 0.3) is 0 Å². The summed E-state index contributed by atoms with van der Waals surface area (Å²) in [6.07, 6.45) is -0.593. The molecule has 2 aromatic carbocycles. The van der Waals surface area contributed by atoms with Gasteiger partial charge in [0.15, 0.2) is 11.5 Å². The average molecular weight is 290 g/mol. The molecule has 112 valence electrons. The molecule has 2 aromatic rings. The van der Waals surface area contributed by atoms with Gasteiger partial charge in [-0.25, -0.2) is 4.39 Å². The molecule has 0 aliphatic heterocycles. The molecule has 0 spiro atoms.